The molecule has 0 unspecified atom stereocenters. The molecule has 1 saturated carbocycles. The predicted molar refractivity (Wildman–Crippen MR) is 71.9 cm³/mol. The molecule has 0 spiro atoms. The largest absolute Gasteiger partial charge is 0.481 e. The lowest BCUT2D eigenvalue weighted by atomic mass is 10.1. The van der Waals surface area contributed by atoms with Crippen LogP contribution in [0.4, 0.5) is 5.69 Å². The van der Waals surface area contributed by atoms with Gasteiger partial charge in [0.2, 0.25) is 0 Å². The molecule has 1 fully saturated rings. The Hall–Kier alpha value is -2.04. The summed E-state index contributed by atoms with van der Waals surface area (Å²) in [4.78, 5) is 24.7. The van der Waals surface area contributed by atoms with Gasteiger partial charge in [-0.15, -0.1) is 0 Å². The van der Waals surface area contributed by atoms with Crippen molar-refractivity contribution in [3.05, 3.63) is 29.3 Å². The van der Waals surface area contributed by atoms with Gasteiger partial charge in [0.25, 0.3) is 5.91 Å². The van der Waals surface area contributed by atoms with Crippen molar-refractivity contribution in [2.24, 2.45) is 0 Å². The predicted octanol–water partition coefficient (Wildman–Crippen LogP) is 1.66. The molecule has 3 N–H and O–H groups in total. The summed E-state index contributed by atoms with van der Waals surface area (Å²) in [5.41, 5.74) is 7.85. The van der Waals surface area contributed by atoms with Gasteiger partial charge in [-0.25, -0.2) is 0 Å². The number of nitrogens with zero attached hydrogens (tertiary/aromatic N) is 1. The zero-order valence-electron chi connectivity index (χ0n) is 10.9. The number of aliphatic carboxylic acids is 1. The minimum Gasteiger partial charge on any atom is -0.481 e. The maximum absolute atomic E-state index is 12.4. The summed E-state index contributed by atoms with van der Waals surface area (Å²) in [6, 6.07) is 5.40. The molecule has 5 nitrogen and oxygen atoms in total. The standard InChI is InChI=1S/C14H18N2O3/c1-9-2-3-10(8-12(9)15)14(19)16(11-4-5-11)7-6-13(17)18/h2-3,8,11H,4-7,15H2,1H3,(H,17,18). The zero-order chi connectivity index (χ0) is 14.0. The van der Waals surface area contributed by atoms with E-state index in [-0.39, 0.29) is 24.9 Å². The van der Waals surface area contributed by atoms with Crippen LogP contribution in [0.2, 0.25) is 0 Å². The summed E-state index contributed by atoms with van der Waals surface area (Å²) >= 11 is 0. The number of carboxylic acid groups (broad SMARTS) is 1. The van der Waals surface area contributed by atoms with E-state index < -0.39 is 5.97 Å². The first-order valence-corrected chi connectivity index (χ1v) is 6.38. The highest BCUT2D eigenvalue weighted by molar-refractivity contribution is 5.95. The number of carboxylic acids is 1. The molecule has 0 atom stereocenters. The first kappa shape index (κ1) is 13.4. The average molecular weight is 262 g/mol. The molecule has 1 aliphatic carbocycles. The van der Waals surface area contributed by atoms with Crippen LogP contribution in [0.1, 0.15) is 35.2 Å². The molecule has 0 heterocycles. The highest BCUT2D eigenvalue weighted by Crippen LogP contribution is 2.29. The van der Waals surface area contributed by atoms with Crippen LogP contribution in [0, 0.1) is 6.92 Å². The molecule has 1 aromatic rings. The number of carbonyl (C=O) groups excluding carboxylic acids is 1. The third-order valence-electron chi connectivity index (χ3n) is 3.34. The Kier molecular flexibility index (Phi) is 3.74. The Morgan fingerprint density at radius 1 is 1.42 bits per heavy atom. The fourth-order valence-electron chi connectivity index (χ4n) is 1.99. The quantitative estimate of drug-likeness (QED) is 0.790. The number of rotatable bonds is 5. The highest BCUT2D eigenvalue weighted by Gasteiger charge is 2.33. The first-order chi connectivity index (χ1) is 8.99. The number of carbonyl (C=O) groups is 2. The molecule has 19 heavy (non-hydrogen) atoms. The molecule has 0 bridgehead atoms. The second kappa shape index (κ2) is 5.30. The lowest BCUT2D eigenvalue weighted by molar-refractivity contribution is -0.137. The van der Waals surface area contributed by atoms with Crippen LogP contribution in [-0.4, -0.2) is 34.5 Å². The van der Waals surface area contributed by atoms with Gasteiger partial charge >= 0.3 is 5.97 Å². The third-order valence-corrected chi connectivity index (χ3v) is 3.34. The lowest BCUT2D eigenvalue weighted by Gasteiger charge is -2.22. The van der Waals surface area contributed by atoms with Crippen molar-refractivity contribution in [3.8, 4) is 0 Å². The third kappa shape index (κ3) is 3.24. The zero-order valence-corrected chi connectivity index (χ0v) is 10.9. The van der Waals surface area contributed by atoms with E-state index in [0.29, 0.717) is 11.3 Å². The van der Waals surface area contributed by atoms with Gasteiger partial charge in [-0.3, -0.25) is 9.59 Å². The minimum atomic E-state index is -0.887. The van der Waals surface area contributed by atoms with Crippen molar-refractivity contribution in [1.82, 2.24) is 4.90 Å². The van der Waals surface area contributed by atoms with E-state index in [9.17, 15) is 9.59 Å². The van der Waals surface area contributed by atoms with E-state index in [2.05, 4.69) is 0 Å². The van der Waals surface area contributed by atoms with Crippen LogP contribution in [-0.2, 0) is 4.79 Å². The van der Waals surface area contributed by atoms with E-state index in [4.69, 9.17) is 10.8 Å². The van der Waals surface area contributed by atoms with Gasteiger partial charge < -0.3 is 15.7 Å². The molecule has 0 saturated heterocycles. The number of hydrogen-bond donors (Lipinski definition) is 2. The van der Waals surface area contributed by atoms with Gasteiger partial charge in [0.05, 0.1) is 6.42 Å². The van der Waals surface area contributed by atoms with E-state index in [1.807, 2.05) is 13.0 Å². The number of hydrogen-bond acceptors (Lipinski definition) is 3. The van der Waals surface area contributed by atoms with Gasteiger partial charge in [0, 0.05) is 23.8 Å². The van der Waals surface area contributed by atoms with Gasteiger partial charge in [-0.2, -0.15) is 0 Å². The normalized spacial score (nSPS) is 14.2. The van der Waals surface area contributed by atoms with Gasteiger partial charge in [-0.05, 0) is 37.5 Å². The Balaban J connectivity index is 2.14. The molecule has 2 rings (SSSR count). The van der Waals surface area contributed by atoms with Gasteiger partial charge in [0.1, 0.15) is 0 Å². The number of anilines is 1. The van der Waals surface area contributed by atoms with Crippen LogP contribution >= 0.6 is 0 Å². The average Bonchev–Trinajstić information content (AvgIpc) is 3.16. The number of nitrogens with two attached hydrogens (primary N) is 1. The van der Waals surface area contributed by atoms with E-state index in [0.717, 1.165) is 18.4 Å². The van der Waals surface area contributed by atoms with Crippen molar-refractivity contribution in [2.75, 3.05) is 12.3 Å². The summed E-state index contributed by atoms with van der Waals surface area (Å²) in [5.74, 6) is -1.02. The van der Waals surface area contributed by atoms with Crippen LogP contribution in [0.25, 0.3) is 0 Å². The number of aryl methyl sites for hydroxylation is 1. The Morgan fingerprint density at radius 3 is 2.63 bits per heavy atom. The van der Waals surface area contributed by atoms with Crippen LogP contribution in [0.5, 0.6) is 0 Å². The Morgan fingerprint density at radius 2 is 2.11 bits per heavy atom. The SMILES string of the molecule is Cc1ccc(C(=O)N(CCC(=O)O)C2CC2)cc1N. The molecule has 0 aromatic heterocycles. The molecule has 102 valence electrons. The number of nitrogen functional groups attached to an aromatic ring is 1. The molecule has 0 radical (unpaired) electrons. The van der Waals surface area contributed by atoms with E-state index >= 15 is 0 Å². The van der Waals surface area contributed by atoms with Gasteiger partial charge in [0.15, 0.2) is 0 Å². The smallest absolute Gasteiger partial charge is 0.305 e. The van der Waals surface area contributed by atoms with Crippen LogP contribution in [0.15, 0.2) is 18.2 Å². The minimum absolute atomic E-state index is 0.0242. The molecular weight excluding hydrogens is 244 g/mol. The summed E-state index contributed by atoms with van der Waals surface area (Å²) in [6.45, 7) is 2.14. The summed E-state index contributed by atoms with van der Waals surface area (Å²) < 4.78 is 0. The summed E-state index contributed by atoms with van der Waals surface area (Å²) in [7, 11) is 0. The second-order valence-corrected chi connectivity index (χ2v) is 4.94. The fourth-order valence-corrected chi connectivity index (χ4v) is 1.99. The van der Waals surface area contributed by atoms with Gasteiger partial charge in [-0.1, -0.05) is 6.07 Å². The van der Waals surface area contributed by atoms with Crippen LogP contribution < -0.4 is 5.73 Å². The second-order valence-electron chi connectivity index (χ2n) is 4.94. The van der Waals surface area contributed by atoms with Crippen molar-refractivity contribution >= 4 is 17.6 Å². The van der Waals surface area contributed by atoms with Crippen molar-refractivity contribution in [3.63, 3.8) is 0 Å². The summed E-state index contributed by atoms with van der Waals surface area (Å²) in [6.07, 6.45) is 1.88. The van der Waals surface area contributed by atoms with E-state index in [1.165, 1.54) is 0 Å². The van der Waals surface area contributed by atoms with Crippen molar-refractivity contribution in [1.29, 1.82) is 0 Å². The molecule has 1 aliphatic rings. The topological polar surface area (TPSA) is 83.6 Å². The molecule has 0 aliphatic heterocycles. The molecule has 5 heteroatoms. The van der Waals surface area contributed by atoms with Crippen LogP contribution in [0.3, 0.4) is 0 Å². The highest BCUT2D eigenvalue weighted by atomic mass is 16.4. The Labute approximate surface area is 112 Å². The first-order valence-electron chi connectivity index (χ1n) is 6.38. The molecular formula is C14H18N2O3. The number of amides is 1. The Bertz CT molecular complexity index is 509. The molecule has 1 amide bonds. The van der Waals surface area contributed by atoms with E-state index in [1.54, 1.807) is 17.0 Å². The van der Waals surface area contributed by atoms with Crippen molar-refractivity contribution in [2.45, 2.75) is 32.2 Å². The maximum atomic E-state index is 12.4. The number of benzene rings is 1. The summed E-state index contributed by atoms with van der Waals surface area (Å²) in [5, 5.41) is 8.74. The maximum Gasteiger partial charge on any atom is 0.305 e. The lowest BCUT2D eigenvalue weighted by Crippen LogP contribution is -2.35. The molecule has 1 aromatic carbocycles. The van der Waals surface area contributed by atoms with Crippen molar-refractivity contribution < 1.29 is 14.7 Å². The fraction of sp³-hybridized carbons (Fsp3) is 0.429. The monoisotopic (exact) mass is 262 g/mol.